The van der Waals surface area contributed by atoms with Gasteiger partial charge in [0.05, 0.1) is 6.54 Å². The summed E-state index contributed by atoms with van der Waals surface area (Å²) in [5.41, 5.74) is 8.44. The lowest BCUT2D eigenvalue weighted by molar-refractivity contribution is -0.138. The predicted molar refractivity (Wildman–Crippen MR) is 149 cm³/mol. The zero-order valence-electron chi connectivity index (χ0n) is 22.6. The zero-order chi connectivity index (χ0) is 27.1. The van der Waals surface area contributed by atoms with Gasteiger partial charge in [0.2, 0.25) is 11.8 Å². The summed E-state index contributed by atoms with van der Waals surface area (Å²) in [5.74, 6) is 1.16. The molecule has 9 nitrogen and oxygen atoms in total. The average Bonchev–Trinajstić information content (AvgIpc) is 3.05. The predicted octanol–water partition coefficient (Wildman–Crippen LogP) is 5.47. The number of benzene rings is 1. The molecule has 0 unspecified atom stereocenters. The Morgan fingerprint density at radius 3 is 2.55 bits per heavy atom. The highest BCUT2D eigenvalue weighted by atomic mass is 16.5. The topological polar surface area (TPSA) is 131 Å². The van der Waals surface area contributed by atoms with Crippen molar-refractivity contribution in [3.63, 3.8) is 0 Å². The number of hydrogen-bond donors (Lipinski definition) is 3. The first-order chi connectivity index (χ1) is 18.3. The lowest BCUT2D eigenvalue weighted by atomic mass is 9.77. The number of ether oxygens (including phenoxy) is 1. The Morgan fingerprint density at radius 1 is 1.13 bits per heavy atom. The van der Waals surface area contributed by atoms with Crippen molar-refractivity contribution in [1.29, 1.82) is 0 Å². The van der Waals surface area contributed by atoms with E-state index in [1.165, 1.54) is 18.4 Å². The van der Waals surface area contributed by atoms with Gasteiger partial charge in [-0.25, -0.2) is 0 Å². The number of nitrogens with two attached hydrogens (primary N) is 1. The van der Waals surface area contributed by atoms with Crippen molar-refractivity contribution >= 4 is 29.3 Å². The third-order valence-corrected chi connectivity index (χ3v) is 7.64. The van der Waals surface area contributed by atoms with Gasteiger partial charge in [-0.1, -0.05) is 45.2 Å². The molecular formula is C29H41N5O4. The normalized spacial score (nSPS) is 19.6. The average molecular weight is 524 g/mol. The minimum absolute atomic E-state index is 0.115. The summed E-state index contributed by atoms with van der Waals surface area (Å²) in [7, 11) is 0. The van der Waals surface area contributed by atoms with Gasteiger partial charge in [0.25, 0.3) is 5.91 Å². The third kappa shape index (κ3) is 7.14. The molecule has 0 spiro atoms. The third-order valence-electron chi connectivity index (χ3n) is 7.64. The van der Waals surface area contributed by atoms with E-state index in [2.05, 4.69) is 41.3 Å². The van der Waals surface area contributed by atoms with E-state index in [1.807, 2.05) is 12.1 Å². The number of aliphatic carboxylic acids is 1. The second-order valence-corrected chi connectivity index (χ2v) is 11.0. The first-order valence-electron chi connectivity index (χ1n) is 14.0. The van der Waals surface area contributed by atoms with Crippen molar-refractivity contribution in [3.05, 3.63) is 35.4 Å². The summed E-state index contributed by atoms with van der Waals surface area (Å²) in [4.78, 5) is 34.9. The zero-order valence-corrected chi connectivity index (χ0v) is 22.6. The maximum absolute atomic E-state index is 13.5. The largest absolute Gasteiger partial charge is 0.481 e. The number of anilines is 3. The molecule has 0 saturated heterocycles. The van der Waals surface area contributed by atoms with Crippen LogP contribution >= 0.6 is 0 Å². The summed E-state index contributed by atoms with van der Waals surface area (Å²) in [6.45, 7) is 5.90. The molecule has 0 bridgehead atoms. The van der Waals surface area contributed by atoms with Crippen LogP contribution in [0.25, 0.3) is 0 Å². The number of nitrogens with one attached hydrogen (secondary N) is 1. The summed E-state index contributed by atoms with van der Waals surface area (Å²) in [5, 5.41) is 12.3. The molecule has 206 valence electrons. The molecule has 0 atom stereocenters. The summed E-state index contributed by atoms with van der Waals surface area (Å²) in [6, 6.07) is 8.08. The number of carboxylic acids is 1. The van der Waals surface area contributed by atoms with E-state index in [1.54, 1.807) is 4.90 Å². The highest BCUT2D eigenvalue weighted by Crippen LogP contribution is 2.38. The van der Waals surface area contributed by atoms with Crippen LogP contribution in [0.1, 0.15) is 93.5 Å². The van der Waals surface area contributed by atoms with Gasteiger partial charge in [-0.2, -0.15) is 9.97 Å². The maximum Gasteiger partial charge on any atom is 0.303 e. The molecule has 1 fully saturated rings. The van der Waals surface area contributed by atoms with E-state index < -0.39 is 5.97 Å². The number of nitrogens with zero attached hydrogens (tertiary/aromatic N) is 3. The van der Waals surface area contributed by atoms with Gasteiger partial charge >= 0.3 is 5.97 Å². The molecule has 2 aromatic rings. The fourth-order valence-electron chi connectivity index (χ4n) is 5.49. The number of carboxylic acid groups (broad SMARTS) is 1. The van der Waals surface area contributed by atoms with E-state index >= 15 is 0 Å². The monoisotopic (exact) mass is 523 g/mol. The lowest BCUT2D eigenvalue weighted by Gasteiger charge is -2.28. The van der Waals surface area contributed by atoms with Crippen LogP contribution in [0.3, 0.4) is 0 Å². The first-order valence-corrected chi connectivity index (χ1v) is 14.0. The molecular weight excluding hydrogens is 482 g/mol. The maximum atomic E-state index is 13.5. The summed E-state index contributed by atoms with van der Waals surface area (Å²) >= 11 is 0. The molecule has 4 N–H and O–H groups in total. The van der Waals surface area contributed by atoms with Crippen molar-refractivity contribution < 1.29 is 19.4 Å². The molecule has 9 heteroatoms. The van der Waals surface area contributed by atoms with Gasteiger partial charge in [0, 0.05) is 18.7 Å². The van der Waals surface area contributed by atoms with Crippen LogP contribution in [0.5, 0.6) is 5.88 Å². The molecule has 1 aromatic carbocycles. The molecule has 0 radical (unpaired) electrons. The molecule has 1 saturated carbocycles. The van der Waals surface area contributed by atoms with Gasteiger partial charge < -0.3 is 25.8 Å². The molecule has 1 aliphatic heterocycles. The smallest absolute Gasteiger partial charge is 0.303 e. The SMILES string of the molecule is CC(C)CCCCCNc1nc(N)c2c(n1)OCCN(c1ccc(C3CCC(CC(=O)O)CC3)cc1)C2=O. The van der Waals surface area contributed by atoms with Crippen molar-refractivity contribution in [2.24, 2.45) is 11.8 Å². The van der Waals surface area contributed by atoms with Crippen LogP contribution in [0.4, 0.5) is 17.5 Å². The Hall–Kier alpha value is -3.36. The molecule has 1 aliphatic carbocycles. The second kappa shape index (κ2) is 12.9. The van der Waals surface area contributed by atoms with E-state index in [-0.39, 0.29) is 35.5 Å². The van der Waals surface area contributed by atoms with Crippen LogP contribution in [0.15, 0.2) is 24.3 Å². The number of aromatic nitrogens is 2. The van der Waals surface area contributed by atoms with Gasteiger partial charge in [-0.3, -0.25) is 9.59 Å². The number of unbranched alkanes of at least 4 members (excludes halogenated alkanes) is 2. The van der Waals surface area contributed by atoms with Crippen LogP contribution in [-0.4, -0.2) is 46.6 Å². The standard InChI is InChI=1S/C29H41N5O4/c1-19(2)6-4-3-5-15-31-29-32-26(30)25-27(33-29)38-17-16-34(28(25)37)23-13-11-22(12-14-23)21-9-7-20(8-10-21)18-24(35)36/h11-14,19-21H,3-10,15-18H2,1-2H3,(H,35,36)(H3,30,31,32,33). The van der Waals surface area contributed by atoms with Crippen LogP contribution in [0, 0.1) is 11.8 Å². The van der Waals surface area contributed by atoms with Crippen molar-refractivity contribution in [2.45, 2.75) is 77.6 Å². The van der Waals surface area contributed by atoms with Crippen LogP contribution in [-0.2, 0) is 4.79 Å². The number of rotatable bonds is 11. The van der Waals surface area contributed by atoms with Gasteiger partial charge in [0.15, 0.2) is 0 Å². The van der Waals surface area contributed by atoms with Gasteiger partial charge in [0.1, 0.15) is 18.0 Å². The number of hydrogen-bond acceptors (Lipinski definition) is 7. The van der Waals surface area contributed by atoms with E-state index in [0.29, 0.717) is 25.0 Å². The molecule has 2 heterocycles. The Labute approximate surface area is 225 Å². The number of nitrogen functional groups attached to an aromatic ring is 1. The second-order valence-electron chi connectivity index (χ2n) is 11.0. The number of amides is 1. The quantitative estimate of drug-likeness (QED) is 0.330. The Bertz CT molecular complexity index is 1100. The van der Waals surface area contributed by atoms with Gasteiger partial charge in [-0.05, 0) is 67.6 Å². The van der Waals surface area contributed by atoms with Crippen LogP contribution in [0.2, 0.25) is 0 Å². The van der Waals surface area contributed by atoms with Crippen molar-refractivity contribution in [1.82, 2.24) is 9.97 Å². The molecule has 2 aliphatic rings. The molecule has 38 heavy (non-hydrogen) atoms. The first kappa shape index (κ1) is 27.7. The Balaban J connectivity index is 1.37. The van der Waals surface area contributed by atoms with Gasteiger partial charge in [-0.15, -0.1) is 0 Å². The summed E-state index contributed by atoms with van der Waals surface area (Å²) in [6.07, 6.45) is 8.70. The van der Waals surface area contributed by atoms with Crippen LogP contribution < -0.4 is 20.7 Å². The molecule has 4 rings (SSSR count). The molecule has 1 amide bonds. The highest BCUT2D eigenvalue weighted by Gasteiger charge is 2.30. The minimum atomic E-state index is -0.712. The lowest BCUT2D eigenvalue weighted by Crippen LogP contribution is -2.32. The minimum Gasteiger partial charge on any atom is -0.481 e. The van der Waals surface area contributed by atoms with Crippen molar-refractivity contribution in [2.75, 3.05) is 35.6 Å². The number of fused-ring (bicyclic) bond motifs is 1. The fourth-order valence-corrected chi connectivity index (χ4v) is 5.49. The van der Waals surface area contributed by atoms with E-state index in [0.717, 1.165) is 56.7 Å². The number of carbonyl (C=O) groups is 2. The van der Waals surface area contributed by atoms with E-state index in [9.17, 15) is 9.59 Å². The fraction of sp³-hybridized carbons (Fsp3) is 0.586. The Kier molecular flexibility index (Phi) is 9.42. The highest BCUT2D eigenvalue weighted by molar-refractivity contribution is 6.10. The number of carbonyl (C=O) groups excluding carboxylic acids is 1. The van der Waals surface area contributed by atoms with E-state index in [4.69, 9.17) is 15.6 Å². The summed E-state index contributed by atoms with van der Waals surface area (Å²) < 4.78 is 5.84. The molecule has 1 aromatic heterocycles. The van der Waals surface area contributed by atoms with Crippen molar-refractivity contribution in [3.8, 4) is 5.88 Å². The Morgan fingerprint density at radius 2 is 1.87 bits per heavy atom.